The van der Waals surface area contributed by atoms with Crippen molar-refractivity contribution in [1.29, 1.82) is 0 Å². The molecule has 1 rings (SSSR count). The van der Waals surface area contributed by atoms with Gasteiger partial charge in [-0.1, -0.05) is 6.92 Å². The molecule has 82 valence electrons. The minimum atomic E-state index is -3.73. The van der Waals surface area contributed by atoms with E-state index >= 15 is 0 Å². The van der Waals surface area contributed by atoms with Crippen LogP contribution in [0.2, 0.25) is 0 Å². The summed E-state index contributed by atoms with van der Waals surface area (Å²) in [4.78, 5) is 11.3. The van der Waals surface area contributed by atoms with E-state index < -0.39 is 24.0 Å². The quantitative estimate of drug-likeness (QED) is 0.692. The van der Waals surface area contributed by atoms with E-state index in [1.807, 2.05) is 0 Å². The molecule has 0 aromatic heterocycles. The third-order valence-corrected chi connectivity index (χ3v) is 2.43. The number of alkyl halides is 2. The van der Waals surface area contributed by atoms with Crippen molar-refractivity contribution in [2.45, 2.75) is 24.9 Å². The first-order chi connectivity index (χ1) is 6.29. The van der Waals surface area contributed by atoms with Crippen LogP contribution in [0.15, 0.2) is 0 Å². The summed E-state index contributed by atoms with van der Waals surface area (Å²) < 4.78 is 25.3. The van der Waals surface area contributed by atoms with E-state index in [9.17, 15) is 18.7 Å². The smallest absolute Gasteiger partial charge is 0.375 e. The van der Waals surface area contributed by atoms with Crippen molar-refractivity contribution in [1.82, 2.24) is 4.90 Å². The Morgan fingerprint density at radius 3 is 2.43 bits per heavy atom. The van der Waals surface area contributed by atoms with E-state index in [0.717, 1.165) is 0 Å². The monoisotopic (exact) mass is 209 g/mol. The van der Waals surface area contributed by atoms with Crippen molar-refractivity contribution in [3.63, 3.8) is 0 Å². The number of rotatable bonds is 4. The average Bonchev–Trinajstić information content (AvgIpc) is 2.00. The van der Waals surface area contributed by atoms with Crippen molar-refractivity contribution in [3.8, 4) is 0 Å². The van der Waals surface area contributed by atoms with Crippen LogP contribution in [0.25, 0.3) is 0 Å². The van der Waals surface area contributed by atoms with Crippen molar-refractivity contribution in [3.05, 3.63) is 0 Å². The Kier molecular flexibility index (Phi) is 2.78. The number of hydrogen-bond acceptors (Lipinski definition) is 3. The number of carboxylic acid groups (broad SMARTS) is 1. The summed E-state index contributed by atoms with van der Waals surface area (Å²) in [5, 5.41) is 17.6. The van der Waals surface area contributed by atoms with E-state index in [1.165, 1.54) is 4.90 Å². The largest absolute Gasteiger partial charge is 0.477 e. The molecule has 1 aliphatic heterocycles. The summed E-state index contributed by atoms with van der Waals surface area (Å²) in [6.07, 6.45) is 0.488. The van der Waals surface area contributed by atoms with Gasteiger partial charge in [-0.25, -0.2) is 4.79 Å². The van der Waals surface area contributed by atoms with Gasteiger partial charge in [-0.05, 0) is 6.42 Å². The molecule has 4 nitrogen and oxygen atoms in total. The molecule has 1 fully saturated rings. The molecule has 0 aromatic rings. The van der Waals surface area contributed by atoms with Crippen LogP contribution in [-0.4, -0.2) is 52.2 Å². The third kappa shape index (κ3) is 2.19. The van der Waals surface area contributed by atoms with Gasteiger partial charge >= 0.3 is 11.9 Å². The number of carboxylic acids is 1. The molecule has 0 amide bonds. The van der Waals surface area contributed by atoms with Crippen molar-refractivity contribution >= 4 is 5.97 Å². The molecule has 0 unspecified atom stereocenters. The lowest BCUT2D eigenvalue weighted by Gasteiger charge is -2.46. The van der Waals surface area contributed by atoms with Gasteiger partial charge in [-0.15, -0.1) is 0 Å². The number of β-amino-alcohol motifs (C(OH)–C–C–N with tert-alkyl or cyclic N) is 1. The van der Waals surface area contributed by atoms with E-state index in [4.69, 9.17) is 5.11 Å². The molecule has 6 heteroatoms. The van der Waals surface area contributed by atoms with Crippen LogP contribution in [0, 0.1) is 0 Å². The van der Waals surface area contributed by atoms with Gasteiger partial charge in [-0.2, -0.15) is 8.78 Å². The molecule has 14 heavy (non-hydrogen) atoms. The molecule has 1 saturated heterocycles. The third-order valence-electron chi connectivity index (χ3n) is 2.43. The Labute approximate surface area is 80.1 Å². The molecule has 1 heterocycles. The Bertz CT molecular complexity index is 239. The standard InChI is InChI=1S/C8H13F2NO3/c1-2-7(14)3-11(4-7)5-8(9,10)6(12)13/h14H,2-5H2,1H3,(H,12,13). The topological polar surface area (TPSA) is 60.8 Å². The van der Waals surface area contributed by atoms with Crippen LogP contribution in [-0.2, 0) is 4.79 Å². The van der Waals surface area contributed by atoms with E-state index in [1.54, 1.807) is 6.92 Å². The van der Waals surface area contributed by atoms with Crippen LogP contribution in [0.5, 0.6) is 0 Å². The number of aliphatic hydroxyl groups is 1. The average molecular weight is 209 g/mol. The maximum atomic E-state index is 12.7. The van der Waals surface area contributed by atoms with Gasteiger partial charge in [-0.3, -0.25) is 4.90 Å². The number of carbonyl (C=O) groups is 1. The normalized spacial score (nSPS) is 21.7. The number of hydrogen-bond donors (Lipinski definition) is 2. The lowest BCUT2D eigenvalue weighted by molar-refractivity contribution is -0.178. The second-order valence-corrected chi connectivity index (χ2v) is 3.73. The Hall–Kier alpha value is -0.750. The lowest BCUT2D eigenvalue weighted by Crippen LogP contribution is -2.64. The number of aliphatic carboxylic acids is 1. The molecule has 0 aliphatic carbocycles. The summed E-state index contributed by atoms with van der Waals surface area (Å²) in [7, 11) is 0. The second-order valence-electron chi connectivity index (χ2n) is 3.73. The summed E-state index contributed by atoms with van der Waals surface area (Å²) in [5.74, 6) is -5.85. The number of likely N-dealkylation sites (tertiary alicyclic amines) is 1. The first kappa shape index (κ1) is 11.3. The van der Waals surface area contributed by atoms with Gasteiger partial charge in [0.15, 0.2) is 0 Å². The molecule has 0 radical (unpaired) electrons. The van der Waals surface area contributed by atoms with Crippen molar-refractivity contribution < 1.29 is 23.8 Å². The first-order valence-electron chi connectivity index (χ1n) is 4.35. The van der Waals surface area contributed by atoms with Crippen molar-refractivity contribution in [2.24, 2.45) is 0 Å². The van der Waals surface area contributed by atoms with Gasteiger partial charge in [0, 0.05) is 13.1 Å². The Morgan fingerprint density at radius 1 is 1.57 bits per heavy atom. The summed E-state index contributed by atoms with van der Waals surface area (Å²) in [5.41, 5.74) is -0.908. The molecular formula is C8H13F2NO3. The van der Waals surface area contributed by atoms with Crippen LogP contribution < -0.4 is 0 Å². The highest BCUT2D eigenvalue weighted by molar-refractivity contribution is 5.75. The highest BCUT2D eigenvalue weighted by atomic mass is 19.3. The predicted octanol–water partition coefficient (Wildman–Crippen LogP) is 0.163. The molecule has 2 N–H and O–H groups in total. The van der Waals surface area contributed by atoms with E-state index in [2.05, 4.69) is 0 Å². The minimum absolute atomic E-state index is 0.117. The van der Waals surface area contributed by atoms with Crippen LogP contribution in [0.1, 0.15) is 13.3 Å². The van der Waals surface area contributed by atoms with Crippen LogP contribution >= 0.6 is 0 Å². The molecular weight excluding hydrogens is 196 g/mol. The van der Waals surface area contributed by atoms with E-state index in [-0.39, 0.29) is 13.1 Å². The fourth-order valence-corrected chi connectivity index (χ4v) is 1.47. The molecule has 0 bridgehead atoms. The highest BCUT2D eigenvalue weighted by Crippen LogP contribution is 2.27. The maximum Gasteiger partial charge on any atom is 0.375 e. The van der Waals surface area contributed by atoms with Gasteiger partial charge in [0.05, 0.1) is 12.1 Å². The molecule has 0 saturated carbocycles. The minimum Gasteiger partial charge on any atom is -0.477 e. The zero-order chi connectivity index (χ0) is 11.0. The first-order valence-corrected chi connectivity index (χ1v) is 4.35. The fourth-order valence-electron chi connectivity index (χ4n) is 1.47. The molecule has 0 aromatic carbocycles. The van der Waals surface area contributed by atoms with Gasteiger partial charge < -0.3 is 10.2 Å². The second kappa shape index (κ2) is 3.43. The summed E-state index contributed by atoms with van der Waals surface area (Å²) in [6.45, 7) is 1.16. The van der Waals surface area contributed by atoms with Gasteiger partial charge in [0.25, 0.3) is 0 Å². The maximum absolute atomic E-state index is 12.7. The molecule has 1 aliphatic rings. The van der Waals surface area contributed by atoms with Crippen LogP contribution in [0.3, 0.4) is 0 Å². The predicted molar refractivity (Wildman–Crippen MR) is 44.3 cm³/mol. The summed E-state index contributed by atoms with van der Waals surface area (Å²) >= 11 is 0. The zero-order valence-corrected chi connectivity index (χ0v) is 7.83. The van der Waals surface area contributed by atoms with Gasteiger partial charge in [0.1, 0.15) is 0 Å². The van der Waals surface area contributed by atoms with Gasteiger partial charge in [0.2, 0.25) is 0 Å². The SMILES string of the molecule is CCC1(O)CN(CC(F)(F)C(=O)O)C1. The molecule has 0 spiro atoms. The summed E-state index contributed by atoms with van der Waals surface area (Å²) in [6, 6.07) is 0. The number of halogens is 2. The zero-order valence-electron chi connectivity index (χ0n) is 7.83. The van der Waals surface area contributed by atoms with Crippen LogP contribution in [0.4, 0.5) is 8.78 Å². The lowest BCUT2D eigenvalue weighted by atomic mass is 9.91. The molecule has 0 atom stereocenters. The fraction of sp³-hybridized carbons (Fsp3) is 0.875. The number of nitrogens with zero attached hydrogens (tertiary/aromatic N) is 1. The van der Waals surface area contributed by atoms with E-state index in [0.29, 0.717) is 6.42 Å². The van der Waals surface area contributed by atoms with Crippen molar-refractivity contribution in [2.75, 3.05) is 19.6 Å². The Morgan fingerprint density at radius 2 is 2.07 bits per heavy atom. The Balaban J connectivity index is 2.40. The highest BCUT2D eigenvalue weighted by Gasteiger charge is 2.47.